The number of aliphatic hydroxyl groups is 1. The maximum absolute atomic E-state index is 13.7. The van der Waals surface area contributed by atoms with Crippen LogP contribution in [-0.4, -0.2) is 47.7 Å². The predicted molar refractivity (Wildman–Crippen MR) is 88.9 cm³/mol. The monoisotopic (exact) mass is 344 g/mol. The summed E-state index contributed by atoms with van der Waals surface area (Å²) in [6.07, 6.45) is 0.545. The van der Waals surface area contributed by atoms with Gasteiger partial charge in [-0.15, -0.1) is 0 Å². The molecule has 1 fully saturated rings. The highest BCUT2D eigenvalue weighted by atomic mass is 19.1. The van der Waals surface area contributed by atoms with Gasteiger partial charge in [-0.2, -0.15) is 5.26 Å². The van der Waals surface area contributed by atoms with E-state index in [2.05, 4.69) is 9.88 Å². The fraction of sp³-hybridized carbons (Fsp3) is 0.333. The van der Waals surface area contributed by atoms with Gasteiger partial charge >= 0.3 is 0 Å². The smallest absolute Gasteiger partial charge is 0.131 e. The third-order valence-corrected chi connectivity index (χ3v) is 4.33. The Morgan fingerprint density at radius 1 is 1.16 bits per heavy atom. The molecular formula is C18H18F2N4O. The van der Waals surface area contributed by atoms with Crippen molar-refractivity contribution in [2.24, 2.45) is 0 Å². The summed E-state index contributed by atoms with van der Waals surface area (Å²) in [4.78, 5) is 8.41. The van der Waals surface area contributed by atoms with Gasteiger partial charge in [-0.3, -0.25) is 4.90 Å². The van der Waals surface area contributed by atoms with Crippen LogP contribution in [0.1, 0.15) is 17.2 Å². The van der Waals surface area contributed by atoms with Gasteiger partial charge < -0.3 is 10.0 Å². The van der Waals surface area contributed by atoms with E-state index >= 15 is 0 Å². The Labute approximate surface area is 144 Å². The second-order valence-electron chi connectivity index (χ2n) is 5.99. The normalized spacial score (nSPS) is 16.5. The summed E-state index contributed by atoms with van der Waals surface area (Å²) >= 11 is 0. The van der Waals surface area contributed by atoms with E-state index in [-0.39, 0.29) is 12.1 Å². The van der Waals surface area contributed by atoms with Gasteiger partial charge in [0.2, 0.25) is 0 Å². The Morgan fingerprint density at radius 3 is 2.52 bits per heavy atom. The molecule has 0 aliphatic carbocycles. The lowest BCUT2D eigenvalue weighted by molar-refractivity contribution is 0.106. The molecule has 1 aliphatic rings. The molecule has 130 valence electrons. The largest absolute Gasteiger partial charge is 0.387 e. The third kappa shape index (κ3) is 4.10. The highest BCUT2D eigenvalue weighted by Gasteiger charge is 2.22. The zero-order chi connectivity index (χ0) is 17.8. The van der Waals surface area contributed by atoms with E-state index in [0.29, 0.717) is 18.7 Å². The molecule has 3 rings (SSSR count). The fourth-order valence-electron chi connectivity index (χ4n) is 2.91. The number of halogens is 2. The molecule has 1 aromatic carbocycles. The summed E-state index contributed by atoms with van der Waals surface area (Å²) in [5, 5.41) is 19.0. The van der Waals surface area contributed by atoms with Gasteiger partial charge in [0.05, 0.1) is 11.7 Å². The quantitative estimate of drug-likeness (QED) is 0.920. The van der Waals surface area contributed by atoms with Crippen LogP contribution in [0.25, 0.3) is 0 Å². The van der Waals surface area contributed by atoms with Gasteiger partial charge in [-0.05, 0) is 18.2 Å². The van der Waals surface area contributed by atoms with Crippen molar-refractivity contribution >= 4 is 5.82 Å². The molecule has 1 saturated heterocycles. The molecule has 0 unspecified atom stereocenters. The first-order chi connectivity index (χ1) is 12.1. The lowest BCUT2D eigenvalue weighted by Crippen LogP contribution is -2.47. The highest BCUT2D eigenvalue weighted by Crippen LogP contribution is 2.20. The maximum atomic E-state index is 13.7. The van der Waals surface area contributed by atoms with Crippen molar-refractivity contribution in [2.45, 2.75) is 6.10 Å². The molecule has 5 nitrogen and oxygen atoms in total. The second-order valence-corrected chi connectivity index (χ2v) is 5.99. The molecule has 7 heteroatoms. The number of aromatic nitrogens is 1. The summed E-state index contributed by atoms with van der Waals surface area (Å²) in [5.74, 6) is -0.575. The average molecular weight is 344 g/mol. The van der Waals surface area contributed by atoms with Crippen molar-refractivity contribution in [3.63, 3.8) is 0 Å². The molecule has 0 amide bonds. The van der Waals surface area contributed by atoms with Crippen LogP contribution < -0.4 is 4.90 Å². The molecule has 1 atom stereocenters. The fourth-order valence-corrected chi connectivity index (χ4v) is 2.91. The first kappa shape index (κ1) is 17.3. The van der Waals surface area contributed by atoms with E-state index in [0.717, 1.165) is 31.0 Å². The Kier molecular flexibility index (Phi) is 5.22. The van der Waals surface area contributed by atoms with Crippen LogP contribution >= 0.6 is 0 Å². The number of benzene rings is 1. The number of β-amino-alcohol motifs (C(OH)–C–C–N with tert-alkyl or cyclic N) is 1. The Balaban J connectivity index is 1.56. The number of rotatable bonds is 4. The van der Waals surface area contributed by atoms with Crippen molar-refractivity contribution in [3.05, 3.63) is 59.3 Å². The molecule has 2 heterocycles. The topological polar surface area (TPSA) is 63.4 Å². The lowest BCUT2D eigenvalue weighted by Gasteiger charge is -2.36. The van der Waals surface area contributed by atoms with Crippen LogP contribution in [0.5, 0.6) is 0 Å². The van der Waals surface area contributed by atoms with Crippen LogP contribution in [0.15, 0.2) is 36.5 Å². The zero-order valence-corrected chi connectivity index (χ0v) is 13.6. The van der Waals surface area contributed by atoms with Gasteiger partial charge in [-0.25, -0.2) is 13.8 Å². The molecular weight excluding hydrogens is 326 g/mol. The van der Waals surface area contributed by atoms with E-state index in [1.807, 2.05) is 17.0 Å². The molecule has 0 spiro atoms. The third-order valence-electron chi connectivity index (χ3n) is 4.33. The first-order valence-corrected chi connectivity index (χ1v) is 8.03. The Hall–Kier alpha value is -2.56. The molecule has 0 bridgehead atoms. The van der Waals surface area contributed by atoms with Crippen molar-refractivity contribution in [2.75, 3.05) is 37.6 Å². The molecule has 1 aromatic heterocycles. The summed E-state index contributed by atoms with van der Waals surface area (Å²) in [6, 6.07) is 8.80. The van der Waals surface area contributed by atoms with Crippen LogP contribution in [0, 0.1) is 23.0 Å². The standard InChI is InChI=1S/C18H18F2N4O/c19-14-2-3-15(16(20)9-14)17(25)12-23-5-7-24(8-6-23)18-4-1-13(10-21)11-22-18/h1-4,9,11,17,25H,5-8,12H2/t17-/m0/s1. The minimum absolute atomic E-state index is 0.109. The minimum Gasteiger partial charge on any atom is -0.387 e. The van der Waals surface area contributed by atoms with Gasteiger partial charge in [0.25, 0.3) is 0 Å². The van der Waals surface area contributed by atoms with Gasteiger partial charge in [0.1, 0.15) is 23.5 Å². The number of nitrogens with zero attached hydrogens (tertiary/aromatic N) is 4. The number of anilines is 1. The van der Waals surface area contributed by atoms with Gasteiger partial charge in [-0.1, -0.05) is 6.07 Å². The molecule has 0 saturated carbocycles. The van der Waals surface area contributed by atoms with Crippen LogP contribution in [0.4, 0.5) is 14.6 Å². The van der Waals surface area contributed by atoms with E-state index in [1.165, 1.54) is 6.07 Å². The van der Waals surface area contributed by atoms with E-state index in [9.17, 15) is 13.9 Å². The number of piperazine rings is 1. The van der Waals surface area contributed by atoms with Crippen LogP contribution in [0.3, 0.4) is 0 Å². The minimum atomic E-state index is -1.000. The number of nitriles is 1. The second kappa shape index (κ2) is 7.55. The van der Waals surface area contributed by atoms with Gasteiger partial charge in [0.15, 0.2) is 0 Å². The molecule has 0 radical (unpaired) electrons. The van der Waals surface area contributed by atoms with Crippen LogP contribution in [-0.2, 0) is 0 Å². The zero-order valence-electron chi connectivity index (χ0n) is 13.6. The van der Waals surface area contributed by atoms with Crippen LogP contribution in [0.2, 0.25) is 0 Å². The molecule has 2 aromatic rings. The summed E-state index contributed by atoms with van der Waals surface area (Å²) in [7, 11) is 0. The van der Waals surface area contributed by atoms with Crippen molar-refractivity contribution in [3.8, 4) is 6.07 Å². The molecule has 25 heavy (non-hydrogen) atoms. The van der Waals surface area contributed by atoms with Crippen molar-refractivity contribution < 1.29 is 13.9 Å². The Morgan fingerprint density at radius 2 is 1.92 bits per heavy atom. The van der Waals surface area contributed by atoms with E-state index in [4.69, 9.17) is 5.26 Å². The van der Waals surface area contributed by atoms with Gasteiger partial charge in [0, 0.05) is 50.6 Å². The Bertz CT molecular complexity index is 768. The van der Waals surface area contributed by atoms with Crippen molar-refractivity contribution in [1.82, 2.24) is 9.88 Å². The maximum Gasteiger partial charge on any atom is 0.131 e. The SMILES string of the molecule is N#Cc1ccc(N2CCN(C[C@H](O)c3ccc(F)cc3F)CC2)nc1. The first-order valence-electron chi connectivity index (χ1n) is 8.03. The molecule has 1 N–H and O–H groups in total. The number of aliphatic hydroxyl groups excluding tert-OH is 1. The lowest BCUT2D eigenvalue weighted by atomic mass is 10.1. The average Bonchev–Trinajstić information content (AvgIpc) is 2.62. The number of hydrogen-bond acceptors (Lipinski definition) is 5. The number of pyridine rings is 1. The van der Waals surface area contributed by atoms with Crippen molar-refractivity contribution in [1.29, 1.82) is 5.26 Å². The summed E-state index contributed by atoms with van der Waals surface area (Å²) < 4.78 is 26.7. The summed E-state index contributed by atoms with van der Waals surface area (Å²) in [5.41, 5.74) is 0.629. The predicted octanol–water partition coefficient (Wildman–Crippen LogP) is 2.09. The number of hydrogen-bond donors (Lipinski definition) is 1. The summed E-state index contributed by atoms with van der Waals surface area (Å²) in [6.45, 7) is 3.12. The van der Waals surface area contributed by atoms with E-state index < -0.39 is 17.7 Å². The molecule has 1 aliphatic heterocycles. The highest BCUT2D eigenvalue weighted by molar-refractivity contribution is 5.42. The van der Waals surface area contributed by atoms with E-state index in [1.54, 1.807) is 12.3 Å².